The molecule has 0 radical (unpaired) electrons. The molecule has 0 amide bonds. The van der Waals surface area contributed by atoms with Gasteiger partial charge in [-0.2, -0.15) is 0 Å². The predicted octanol–water partition coefficient (Wildman–Crippen LogP) is 1.33. The highest BCUT2D eigenvalue weighted by Crippen LogP contribution is 2.15. The lowest BCUT2D eigenvalue weighted by molar-refractivity contribution is 0.0583. The summed E-state index contributed by atoms with van der Waals surface area (Å²) < 4.78 is 0. The van der Waals surface area contributed by atoms with Crippen LogP contribution in [0.5, 0.6) is 0 Å². The van der Waals surface area contributed by atoms with Crippen molar-refractivity contribution in [3.8, 4) is 0 Å². The number of aliphatic hydroxyl groups is 1. The summed E-state index contributed by atoms with van der Waals surface area (Å²) in [6, 6.07) is 8.97. The molecule has 4 nitrogen and oxygen atoms in total. The smallest absolute Gasteiger partial charge is 0.150 e. The van der Waals surface area contributed by atoms with Gasteiger partial charge in [-0.1, -0.05) is 18.2 Å². The molecule has 84 valence electrons. The van der Waals surface area contributed by atoms with E-state index in [2.05, 4.69) is 0 Å². The van der Waals surface area contributed by atoms with Crippen molar-refractivity contribution in [1.29, 1.82) is 0 Å². The third-order valence-electron chi connectivity index (χ3n) is 2.22. The molecular weight excluding hydrogens is 192 g/mol. The molecule has 0 fully saturated rings. The van der Waals surface area contributed by atoms with Crippen LogP contribution in [0.3, 0.4) is 0 Å². The summed E-state index contributed by atoms with van der Waals surface area (Å²) >= 11 is 0. The molecule has 0 aliphatic heterocycles. The van der Waals surface area contributed by atoms with E-state index in [9.17, 15) is 10.3 Å². The Hall–Kier alpha value is -1.10. The highest BCUT2D eigenvalue weighted by molar-refractivity contribution is 5.43. The standard InChI is InChI=1S/C11H18N2O2/c12-9-5-4-8-11(14)13(15)10-6-2-1-3-7-10/h1-3,6-7,11,14-15H,4-5,8-9,12H2. The van der Waals surface area contributed by atoms with Crippen molar-refractivity contribution in [2.75, 3.05) is 11.6 Å². The first-order chi connectivity index (χ1) is 7.25. The van der Waals surface area contributed by atoms with Crippen molar-refractivity contribution >= 4 is 5.69 Å². The third kappa shape index (κ3) is 3.87. The zero-order valence-corrected chi connectivity index (χ0v) is 8.71. The second kappa shape index (κ2) is 6.40. The Morgan fingerprint density at radius 3 is 2.47 bits per heavy atom. The highest BCUT2D eigenvalue weighted by Gasteiger charge is 2.12. The van der Waals surface area contributed by atoms with E-state index in [1.807, 2.05) is 18.2 Å². The minimum atomic E-state index is -0.862. The van der Waals surface area contributed by atoms with Crippen molar-refractivity contribution in [2.24, 2.45) is 5.73 Å². The van der Waals surface area contributed by atoms with Crippen LogP contribution in [0.2, 0.25) is 0 Å². The maximum Gasteiger partial charge on any atom is 0.150 e. The number of para-hydroxylation sites is 1. The van der Waals surface area contributed by atoms with Crippen LogP contribution < -0.4 is 10.8 Å². The molecule has 1 atom stereocenters. The normalized spacial score (nSPS) is 12.5. The Bertz CT molecular complexity index is 267. The number of hydrogen-bond donors (Lipinski definition) is 3. The average Bonchev–Trinajstić information content (AvgIpc) is 2.29. The predicted molar refractivity (Wildman–Crippen MR) is 59.6 cm³/mol. The van der Waals surface area contributed by atoms with Crippen LogP contribution >= 0.6 is 0 Å². The summed E-state index contributed by atoms with van der Waals surface area (Å²) in [7, 11) is 0. The quantitative estimate of drug-likeness (QED) is 0.376. The molecule has 4 N–H and O–H groups in total. The second-order valence-corrected chi connectivity index (χ2v) is 3.45. The molecule has 0 heterocycles. The van der Waals surface area contributed by atoms with Crippen LogP contribution in [-0.4, -0.2) is 23.1 Å². The van der Waals surface area contributed by atoms with E-state index in [0.29, 0.717) is 18.7 Å². The molecule has 4 heteroatoms. The van der Waals surface area contributed by atoms with E-state index in [-0.39, 0.29) is 0 Å². The Morgan fingerprint density at radius 2 is 1.87 bits per heavy atom. The first-order valence-corrected chi connectivity index (χ1v) is 5.17. The van der Waals surface area contributed by atoms with Crippen LogP contribution in [-0.2, 0) is 0 Å². The summed E-state index contributed by atoms with van der Waals surface area (Å²) in [5.41, 5.74) is 5.94. The fourth-order valence-corrected chi connectivity index (χ4v) is 1.35. The van der Waals surface area contributed by atoms with Crippen molar-refractivity contribution in [1.82, 2.24) is 0 Å². The van der Waals surface area contributed by atoms with E-state index >= 15 is 0 Å². The first-order valence-electron chi connectivity index (χ1n) is 5.17. The SMILES string of the molecule is NCCCCC(O)N(O)c1ccccc1. The molecule has 0 aromatic heterocycles. The molecule has 0 aliphatic rings. The lowest BCUT2D eigenvalue weighted by atomic mass is 10.2. The zero-order valence-electron chi connectivity index (χ0n) is 8.71. The van der Waals surface area contributed by atoms with Gasteiger partial charge in [-0.3, -0.25) is 5.21 Å². The van der Waals surface area contributed by atoms with Crippen LogP contribution in [0.15, 0.2) is 30.3 Å². The van der Waals surface area contributed by atoms with Gasteiger partial charge in [-0.25, -0.2) is 5.06 Å². The van der Waals surface area contributed by atoms with Crippen molar-refractivity contribution < 1.29 is 10.3 Å². The molecule has 1 aromatic rings. The molecule has 1 aromatic carbocycles. The first kappa shape index (κ1) is 12.0. The van der Waals surface area contributed by atoms with E-state index in [1.54, 1.807) is 12.1 Å². The minimum absolute atomic E-state index is 0.516. The average molecular weight is 210 g/mol. The molecule has 1 unspecified atom stereocenters. The monoisotopic (exact) mass is 210 g/mol. The Balaban J connectivity index is 2.42. The molecule has 15 heavy (non-hydrogen) atoms. The Kier molecular flexibility index (Phi) is 5.10. The number of nitrogens with zero attached hydrogens (tertiary/aromatic N) is 1. The zero-order chi connectivity index (χ0) is 11.1. The molecule has 0 spiro atoms. The Morgan fingerprint density at radius 1 is 1.20 bits per heavy atom. The van der Waals surface area contributed by atoms with Gasteiger partial charge < -0.3 is 10.8 Å². The van der Waals surface area contributed by atoms with Gasteiger partial charge in [0.1, 0.15) is 0 Å². The van der Waals surface area contributed by atoms with Gasteiger partial charge in [0.15, 0.2) is 6.23 Å². The van der Waals surface area contributed by atoms with E-state index < -0.39 is 6.23 Å². The fraction of sp³-hybridized carbons (Fsp3) is 0.455. The van der Waals surface area contributed by atoms with Gasteiger partial charge in [-0.15, -0.1) is 0 Å². The lowest BCUT2D eigenvalue weighted by Crippen LogP contribution is -2.31. The molecule has 0 aliphatic carbocycles. The number of benzene rings is 1. The number of hydroxylamine groups is 1. The summed E-state index contributed by atoms with van der Waals surface area (Å²) in [4.78, 5) is 0. The molecule has 0 bridgehead atoms. The van der Waals surface area contributed by atoms with Crippen LogP contribution in [0.4, 0.5) is 5.69 Å². The van der Waals surface area contributed by atoms with Gasteiger partial charge in [0, 0.05) is 0 Å². The summed E-state index contributed by atoms with van der Waals surface area (Å²) in [5, 5.41) is 20.2. The van der Waals surface area contributed by atoms with E-state index in [4.69, 9.17) is 5.73 Å². The highest BCUT2D eigenvalue weighted by atomic mass is 16.5. The summed E-state index contributed by atoms with van der Waals surface area (Å²) in [6.45, 7) is 0.615. The maximum absolute atomic E-state index is 9.64. The largest absolute Gasteiger partial charge is 0.371 e. The summed E-state index contributed by atoms with van der Waals surface area (Å²) in [6.07, 6.45) is 1.32. The van der Waals surface area contributed by atoms with Crippen molar-refractivity contribution in [3.05, 3.63) is 30.3 Å². The molecular formula is C11H18N2O2. The molecule has 0 saturated heterocycles. The molecule has 0 saturated carbocycles. The minimum Gasteiger partial charge on any atom is -0.371 e. The number of unbranched alkanes of at least 4 members (excludes halogenated alkanes) is 1. The fourth-order valence-electron chi connectivity index (χ4n) is 1.35. The van der Waals surface area contributed by atoms with Crippen LogP contribution in [0, 0.1) is 0 Å². The molecule has 1 rings (SSSR count). The topological polar surface area (TPSA) is 69.7 Å². The van der Waals surface area contributed by atoms with E-state index in [1.165, 1.54) is 0 Å². The van der Waals surface area contributed by atoms with Crippen LogP contribution in [0.1, 0.15) is 19.3 Å². The van der Waals surface area contributed by atoms with Crippen LogP contribution in [0.25, 0.3) is 0 Å². The maximum atomic E-state index is 9.64. The van der Waals surface area contributed by atoms with Gasteiger partial charge in [-0.05, 0) is 37.9 Å². The second-order valence-electron chi connectivity index (χ2n) is 3.45. The van der Waals surface area contributed by atoms with Gasteiger partial charge >= 0.3 is 0 Å². The van der Waals surface area contributed by atoms with Crippen molar-refractivity contribution in [3.63, 3.8) is 0 Å². The summed E-state index contributed by atoms with van der Waals surface area (Å²) in [5.74, 6) is 0. The van der Waals surface area contributed by atoms with Gasteiger partial charge in [0.05, 0.1) is 5.69 Å². The van der Waals surface area contributed by atoms with E-state index in [0.717, 1.165) is 17.9 Å². The third-order valence-corrected chi connectivity index (χ3v) is 2.22. The Labute approximate surface area is 89.9 Å². The van der Waals surface area contributed by atoms with Crippen molar-refractivity contribution in [2.45, 2.75) is 25.5 Å². The lowest BCUT2D eigenvalue weighted by Gasteiger charge is -2.23. The van der Waals surface area contributed by atoms with Gasteiger partial charge in [0.25, 0.3) is 0 Å². The number of hydrogen-bond acceptors (Lipinski definition) is 4. The number of rotatable bonds is 6. The number of aliphatic hydroxyl groups excluding tert-OH is 1. The number of nitrogens with two attached hydrogens (primary N) is 1. The number of anilines is 1. The van der Waals surface area contributed by atoms with Gasteiger partial charge in [0.2, 0.25) is 0 Å².